The summed E-state index contributed by atoms with van der Waals surface area (Å²) in [6.07, 6.45) is 0. The fourth-order valence-electron chi connectivity index (χ4n) is 2.30. The summed E-state index contributed by atoms with van der Waals surface area (Å²) in [6.45, 7) is 2.61. The number of benzene rings is 2. The van der Waals surface area contributed by atoms with Gasteiger partial charge in [0.05, 0.1) is 11.4 Å². The van der Waals surface area contributed by atoms with Crippen LogP contribution < -0.4 is 10.6 Å². The minimum Gasteiger partial charge on any atom is -0.326 e. The number of nitrogens with zero attached hydrogens (tertiary/aromatic N) is 1. The van der Waals surface area contributed by atoms with Gasteiger partial charge in [-0.3, -0.25) is 9.59 Å². The van der Waals surface area contributed by atoms with E-state index in [1.165, 1.54) is 56.4 Å². The van der Waals surface area contributed by atoms with E-state index in [1.807, 2.05) is 0 Å². The lowest BCUT2D eigenvalue weighted by Gasteiger charge is -2.17. The number of rotatable bonds is 6. The monoisotopic (exact) mass is 393 g/mol. The second kappa shape index (κ2) is 8.28. The highest BCUT2D eigenvalue weighted by molar-refractivity contribution is 7.89. The van der Waals surface area contributed by atoms with E-state index in [9.17, 15) is 22.4 Å². The lowest BCUT2D eigenvalue weighted by molar-refractivity contribution is -0.116. The van der Waals surface area contributed by atoms with E-state index in [4.69, 9.17) is 0 Å². The predicted molar refractivity (Wildman–Crippen MR) is 100 cm³/mol. The van der Waals surface area contributed by atoms with Gasteiger partial charge in [0.25, 0.3) is 0 Å². The maximum absolute atomic E-state index is 13.3. The van der Waals surface area contributed by atoms with Crippen LogP contribution in [0.5, 0.6) is 0 Å². The van der Waals surface area contributed by atoms with Crippen molar-refractivity contribution in [1.29, 1.82) is 0 Å². The van der Waals surface area contributed by atoms with Crippen molar-refractivity contribution in [1.82, 2.24) is 4.31 Å². The maximum Gasteiger partial charge on any atom is 0.243 e. The molecule has 2 N–H and O–H groups in total. The van der Waals surface area contributed by atoms with Crippen LogP contribution in [0.4, 0.5) is 15.8 Å². The Morgan fingerprint density at radius 1 is 1.07 bits per heavy atom. The first-order chi connectivity index (χ1) is 12.6. The Morgan fingerprint density at radius 3 is 2.30 bits per heavy atom. The molecule has 9 heteroatoms. The summed E-state index contributed by atoms with van der Waals surface area (Å²) in [5.41, 5.74) is 1.40. The third-order valence-electron chi connectivity index (χ3n) is 3.72. The van der Waals surface area contributed by atoms with Gasteiger partial charge in [-0.2, -0.15) is 4.31 Å². The van der Waals surface area contributed by atoms with Crippen LogP contribution in [0.3, 0.4) is 0 Å². The summed E-state index contributed by atoms with van der Waals surface area (Å²) in [7, 11) is -2.63. The van der Waals surface area contributed by atoms with Gasteiger partial charge in [-0.1, -0.05) is 6.07 Å². The molecule has 144 valence electrons. The number of amides is 2. The molecule has 2 rings (SSSR count). The summed E-state index contributed by atoms with van der Waals surface area (Å²) in [5.74, 6) is -1.37. The summed E-state index contributed by atoms with van der Waals surface area (Å²) in [5, 5.41) is 5.04. The molecule has 0 aliphatic carbocycles. The molecule has 0 aliphatic heterocycles. The number of carbonyl (C=O) groups is 2. The van der Waals surface area contributed by atoms with Gasteiger partial charge >= 0.3 is 0 Å². The number of aryl methyl sites for hydroxylation is 1. The molecule has 0 unspecified atom stereocenters. The third-order valence-corrected chi connectivity index (χ3v) is 5.54. The van der Waals surface area contributed by atoms with Gasteiger partial charge in [0.15, 0.2) is 0 Å². The van der Waals surface area contributed by atoms with Gasteiger partial charge in [0, 0.05) is 25.3 Å². The Bertz CT molecular complexity index is 959. The van der Waals surface area contributed by atoms with Gasteiger partial charge in [0.1, 0.15) is 5.82 Å². The van der Waals surface area contributed by atoms with Gasteiger partial charge in [-0.25, -0.2) is 12.8 Å². The highest BCUT2D eigenvalue weighted by atomic mass is 32.2. The zero-order valence-corrected chi connectivity index (χ0v) is 15.9. The van der Waals surface area contributed by atoms with Gasteiger partial charge < -0.3 is 10.6 Å². The molecule has 7 nitrogen and oxygen atoms in total. The van der Waals surface area contributed by atoms with E-state index < -0.39 is 28.3 Å². The van der Waals surface area contributed by atoms with Crippen molar-refractivity contribution in [3.63, 3.8) is 0 Å². The highest BCUT2D eigenvalue weighted by Gasteiger charge is 2.23. The molecule has 0 saturated carbocycles. The number of carbonyl (C=O) groups excluding carboxylic acids is 2. The first kappa shape index (κ1) is 20.5. The minimum atomic E-state index is -3.90. The number of hydrogen-bond acceptors (Lipinski definition) is 4. The summed E-state index contributed by atoms with van der Waals surface area (Å²) < 4.78 is 39.3. The fourth-order valence-corrected chi connectivity index (χ4v) is 3.43. The molecule has 0 aliphatic rings. The highest BCUT2D eigenvalue weighted by Crippen LogP contribution is 2.19. The molecule has 0 aromatic heterocycles. The topological polar surface area (TPSA) is 95.6 Å². The molecule has 0 heterocycles. The first-order valence-corrected chi connectivity index (χ1v) is 9.43. The standard InChI is InChI=1S/C18H20FN3O4S/c1-12-4-5-14(19)10-17(12)21-18(24)11-22(3)27(25,26)16-8-6-15(7-9-16)20-13(2)23/h4-10H,11H2,1-3H3,(H,20,23)(H,21,24). The van der Waals surface area contributed by atoms with E-state index in [2.05, 4.69) is 10.6 Å². The minimum absolute atomic E-state index is 0.0196. The predicted octanol–water partition coefficient (Wildman–Crippen LogP) is 2.35. The van der Waals surface area contributed by atoms with Crippen LogP contribution in [-0.4, -0.2) is 38.1 Å². The molecule has 2 amide bonds. The normalized spacial score (nSPS) is 11.3. The fraction of sp³-hybridized carbons (Fsp3) is 0.222. The summed E-state index contributed by atoms with van der Waals surface area (Å²) in [4.78, 5) is 23.1. The summed E-state index contributed by atoms with van der Waals surface area (Å²) in [6, 6.07) is 9.55. The zero-order valence-electron chi connectivity index (χ0n) is 15.1. The Hall–Kier alpha value is -2.78. The Morgan fingerprint density at radius 2 is 1.70 bits per heavy atom. The molecule has 0 bridgehead atoms. The quantitative estimate of drug-likeness (QED) is 0.788. The number of anilines is 2. The lowest BCUT2D eigenvalue weighted by Crippen LogP contribution is -2.35. The summed E-state index contributed by atoms with van der Waals surface area (Å²) >= 11 is 0. The molecule has 27 heavy (non-hydrogen) atoms. The smallest absolute Gasteiger partial charge is 0.243 e. The van der Waals surface area contributed by atoms with Crippen molar-refractivity contribution in [3.05, 3.63) is 53.8 Å². The average molecular weight is 393 g/mol. The SMILES string of the molecule is CC(=O)Nc1ccc(S(=O)(=O)N(C)CC(=O)Nc2cc(F)ccc2C)cc1. The van der Waals surface area contributed by atoms with Crippen molar-refractivity contribution in [3.8, 4) is 0 Å². The van der Waals surface area contributed by atoms with Crippen molar-refractivity contribution in [2.45, 2.75) is 18.7 Å². The first-order valence-electron chi connectivity index (χ1n) is 7.99. The second-order valence-electron chi connectivity index (χ2n) is 5.97. The van der Waals surface area contributed by atoms with Gasteiger partial charge in [0.2, 0.25) is 21.8 Å². The number of sulfonamides is 1. The van der Waals surface area contributed by atoms with E-state index in [1.54, 1.807) is 6.92 Å². The van der Waals surface area contributed by atoms with Gasteiger partial charge in [-0.15, -0.1) is 0 Å². The van der Waals surface area contributed by atoms with E-state index in [0.29, 0.717) is 11.3 Å². The van der Waals surface area contributed by atoms with E-state index in [0.717, 1.165) is 4.31 Å². The largest absolute Gasteiger partial charge is 0.326 e. The van der Waals surface area contributed by atoms with Crippen LogP contribution in [0.1, 0.15) is 12.5 Å². The Labute approximate surface area is 157 Å². The van der Waals surface area contributed by atoms with Crippen LogP contribution in [0, 0.1) is 12.7 Å². The molecule has 0 saturated heterocycles. The Kier molecular flexibility index (Phi) is 6.29. The van der Waals surface area contributed by atoms with Crippen LogP contribution >= 0.6 is 0 Å². The third kappa shape index (κ3) is 5.35. The number of nitrogens with one attached hydrogen (secondary N) is 2. The molecule has 2 aromatic carbocycles. The zero-order chi connectivity index (χ0) is 20.2. The van der Waals surface area contributed by atoms with Crippen LogP contribution in [0.25, 0.3) is 0 Å². The molecular formula is C18H20FN3O4S. The van der Waals surface area contributed by atoms with Crippen LogP contribution in [0.2, 0.25) is 0 Å². The molecular weight excluding hydrogens is 373 g/mol. The Balaban J connectivity index is 2.09. The van der Waals surface area contributed by atoms with Gasteiger partial charge in [-0.05, 0) is 48.9 Å². The van der Waals surface area contributed by atoms with E-state index in [-0.39, 0.29) is 16.5 Å². The van der Waals surface area contributed by atoms with E-state index >= 15 is 0 Å². The second-order valence-corrected chi connectivity index (χ2v) is 8.02. The van der Waals surface area contributed by atoms with Crippen molar-refractivity contribution >= 4 is 33.2 Å². The molecule has 0 fully saturated rings. The van der Waals surface area contributed by atoms with Crippen molar-refractivity contribution in [2.24, 2.45) is 0 Å². The van der Waals surface area contributed by atoms with Crippen LogP contribution in [-0.2, 0) is 19.6 Å². The van der Waals surface area contributed by atoms with Crippen molar-refractivity contribution < 1.29 is 22.4 Å². The number of likely N-dealkylation sites (N-methyl/N-ethyl adjacent to an activating group) is 1. The number of halogens is 1. The molecule has 0 spiro atoms. The number of hydrogen-bond donors (Lipinski definition) is 2. The van der Waals surface area contributed by atoms with Crippen molar-refractivity contribution in [2.75, 3.05) is 24.2 Å². The molecule has 0 radical (unpaired) electrons. The molecule has 0 atom stereocenters. The maximum atomic E-state index is 13.3. The van der Waals surface area contributed by atoms with Crippen LogP contribution in [0.15, 0.2) is 47.4 Å². The average Bonchev–Trinajstić information content (AvgIpc) is 2.58. The lowest BCUT2D eigenvalue weighted by atomic mass is 10.2. The molecule has 2 aromatic rings.